The first-order valence-electron chi connectivity index (χ1n) is 5.86. The van der Waals surface area contributed by atoms with Crippen LogP contribution >= 0.6 is 27.5 Å². The van der Waals surface area contributed by atoms with Crippen LogP contribution in [0.5, 0.6) is 0 Å². The number of halogens is 2. The van der Waals surface area contributed by atoms with Gasteiger partial charge >= 0.3 is 0 Å². The van der Waals surface area contributed by atoms with E-state index < -0.39 is 0 Å². The summed E-state index contributed by atoms with van der Waals surface area (Å²) in [6.45, 7) is 4.00. The third-order valence-corrected chi connectivity index (χ3v) is 4.10. The minimum absolute atomic E-state index is 0.625. The number of nitrogen functional groups attached to an aromatic ring is 1. The Bertz CT molecular complexity index is 616. The predicted octanol–water partition coefficient (Wildman–Crippen LogP) is 3.72. The zero-order valence-electron chi connectivity index (χ0n) is 10.7. The van der Waals surface area contributed by atoms with E-state index in [-0.39, 0.29) is 0 Å². The summed E-state index contributed by atoms with van der Waals surface area (Å²) in [4.78, 5) is 8.98. The van der Waals surface area contributed by atoms with Gasteiger partial charge in [-0.1, -0.05) is 18.5 Å². The second-order valence-electron chi connectivity index (χ2n) is 4.09. The van der Waals surface area contributed by atoms with Crippen LogP contribution in [0.3, 0.4) is 0 Å². The molecule has 0 spiro atoms. The van der Waals surface area contributed by atoms with Gasteiger partial charge in [0.1, 0.15) is 5.82 Å². The lowest BCUT2D eigenvalue weighted by molar-refractivity contribution is 0.995. The van der Waals surface area contributed by atoms with Gasteiger partial charge in [0.05, 0.1) is 5.02 Å². The van der Waals surface area contributed by atoms with Gasteiger partial charge in [-0.15, -0.1) is 0 Å². The molecule has 0 unspecified atom stereocenters. The SMILES string of the molecule is CCc1c(C)nc(-c2ccc(Cl)c(Br)c2)nc1NN. The molecule has 1 aromatic carbocycles. The fourth-order valence-corrected chi connectivity index (χ4v) is 2.40. The van der Waals surface area contributed by atoms with Crippen LogP contribution < -0.4 is 11.3 Å². The topological polar surface area (TPSA) is 63.8 Å². The summed E-state index contributed by atoms with van der Waals surface area (Å²) in [5.41, 5.74) is 5.47. The number of hydrogen-bond donors (Lipinski definition) is 2. The highest BCUT2D eigenvalue weighted by Gasteiger charge is 2.11. The molecule has 4 nitrogen and oxygen atoms in total. The molecule has 2 aromatic rings. The molecule has 0 atom stereocenters. The maximum absolute atomic E-state index is 5.99. The minimum atomic E-state index is 0.625. The Balaban J connectivity index is 2.56. The molecule has 1 aromatic heterocycles. The Morgan fingerprint density at radius 1 is 1.37 bits per heavy atom. The van der Waals surface area contributed by atoms with Gasteiger partial charge in [0.25, 0.3) is 0 Å². The van der Waals surface area contributed by atoms with Gasteiger partial charge in [-0.3, -0.25) is 0 Å². The molecular weight excluding hydrogens is 328 g/mol. The fraction of sp³-hybridized carbons (Fsp3) is 0.231. The molecule has 0 aliphatic rings. The summed E-state index contributed by atoms with van der Waals surface area (Å²) >= 11 is 9.38. The molecule has 0 saturated carbocycles. The number of hydrazine groups is 1. The number of benzene rings is 1. The third-order valence-electron chi connectivity index (χ3n) is 2.88. The van der Waals surface area contributed by atoms with Gasteiger partial charge < -0.3 is 5.43 Å². The van der Waals surface area contributed by atoms with Crippen molar-refractivity contribution >= 4 is 33.3 Å². The van der Waals surface area contributed by atoms with E-state index in [0.717, 1.165) is 27.7 Å². The van der Waals surface area contributed by atoms with Crippen molar-refractivity contribution in [3.05, 3.63) is 39.0 Å². The van der Waals surface area contributed by atoms with Crippen molar-refractivity contribution in [3.8, 4) is 11.4 Å². The largest absolute Gasteiger partial charge is 0.308 e. The maximum atomic E-state index is 5.99. The van der Waals surface area contributed by atoms with Gasteiger partial charge in [-0.05, 0) is 47.5 Å². The van der Waals surface area contributed by atoms with Crippen LogP contribution in [0.1, 0.15) is 18.2 Å². The lowest BCUT2D eigenvalue weighted by Gasteiger charge is -2.11. The summed E-state index contributed by atoms with van der Waals surface area (Å²) in [5.74, 6) is 6.81. The first kappa shape index (κ1) is 14.2. The number of rotatable bonds is 3. The lowest BCUT2D eigenvalue weighted by atomic mass is 10.1. The molecule has 0 aliphatic heterocycles. The van der Waals surface area contributed by atoms with Crippen molar-refractivity contribution < 1.29 is 0 Å². The molecule has 100 valence electrons. The number of nitrogens with zero attached hydrogens (tertiary/aromatic N) is 2. The average molecular weight is 342 g/mol. The quantitative estimate of drug-likeness (QED) is 0.660. The smallest absolute Gasteiger partial charge is 0.161 e. The van der Waals surface area contributed by atoms with Crippen LogP contribution in [0.4, 0.5) is 5.82 Å². The monoisotopic (exact) mass is 340 g/mol. The van der Waals surface area contributed by atoms with E-state index in [1.807, 2.05) is 32.0 Å². The normalized spacial score (nSPS) is 10.6. The summed E-state index contributed by atoms with van der Waals surface area (Å²) in [5, 5.41) is 0.655. The Morgan fingerprint density at radius 2 is 2.11 bits per heavy atom. The molecule has 1 heterocycles. The summed E-state index contributed by atoms with van der Waals surface area (Å²) < 4.78 is 0.815. The molecule has 0 bridgehead atoms. The van der Waals surface area contributed by atoms with Crippen LogP contribution in [0.15, 0.2) is 22.7 Å². The lowest BCUT2D eigenvalue weighted by Crippen LogP contribution is -2.13. The number of nitrogens with one attached hydrogen (secondary N) is 1. The zero-order chi connectivity index (χ0) is 14.0. The highest BCUT2D eigenvalue weighted by atomic mass is 79.9. The summed E-state index contributed by atoms with van der Waals surface area (Å²) in [6.07, 6.45) is 0.829. The third kappa shape index (κ3) is 2.88. The van der Waals surface area contributed by atoms with Crippen molar-refractivity contribution in [2.45, 2.75) is 20.3 Å². The Hall–Kier alpha value is -1.17. The number of aromatic nitrogens is 2. The van der Waals surface area contributed by atoms with Gasteiger partial charge in [-0.25, -0.2) is 15.8 Å². The molecule has 19 heavy (non-hydrogen) atoms. The number of hydrogen-bond acceptors (Lipinski definition) is 4. The van der Waals surface area contributed by atoms with Crippen molar-refractivity contribution in [2.75, 3.05) is 5.43 Å². The summed E-state index contributed by atoms with van der Waals surface area (Å²) in [7, 11) is 0. The van der Waals surface area contributed by atoms with Gasteiger partial charge in [0, 0.05) is 21.3 Å². The molecule has 0 fully saturated rings. The van der Waals surface area contributed by atoms with Crippen LogP contribution in [-0.2, 0) is 6.42 Å². The van der Waals surface area contributed by atoms with E-state index in [2.05, 4.69) is 31.3 Å². The number of nitrogens with two attached hydrogens (primary N) is 1. The second-order valence-corrected chi connectivity index (χ2v) is 5.35. The van der Waals surface area contributed by atoms with Crippen LogP contribution in [-0.4, -0.2) is 9.97 Å². The van der Waals surface area contributed by atoms with Crippen molar-refractivity contribution in [2.24, 2.45) is 5.84 Å². The van der Waals surface area contributed by atoms with E-state index in [1.54, 1.807) is 0 Å². The predicted molar refractivity (Wildman–Crippen MR) is 82.1 cm³/mol. The summed E-state index contributed by atoms with van der Waals surface area (Å²) in [6, 6.07) is 5.58. The first-order chi connectivity index (χ1) is 9.06. The highest BCUT2D eigenvalue weighted by molar-refractivity contribution is 9.10. The van der Waals surface area contributed by atoms with Crippen LogP contribution in [0.2, 0.25) is 5.02 Å². The van der Waals surface area contributed by atoms with Crippen LogP contribution in [0.25, 0.3) is 11.4 Å². The van der Waals surface area contributed by atoms with Gasteiger partial charge in [0.2, 0.25) is 0 Å². The van der Waals surface area contributed by atoms with Crippen molar-refractivity contribution in [1.82, 2.24) is 9.97 Å². The van der Waals surface area contributed by atoms with E-state index in [4.69, 9.17) is 17.4 Å². The molecule has 0 aliphatic carbocycles. The van der Waals surface area contributed by atoms with E-state index >= 15 is 0 Å². The molecule has 0 amide bonds. The second kappa shape index (κ2) is 5.86. The molecule has 0 radical (unpaired) electrons. The van der Waals surface area contributed by atoms with Gasteiger partial charge in [0.15, 0.2) is 5.82 Å². The highest BCUT2D eigenvalue weighted by Crippen LogP contribution is 2.28. The van der Waals surface area contributed by atoms with E-state index in [0.29, 0.717) is 16.7 Å². The first-order valence-corrected chi connectivity index (χ1v) is 7.03. The molecule has 6 heteroatoms. The van der Waals surface area contributed by atoms with E-state index in [9.17, 15) is 0 Å². The standard InChI is InChI=1S/C13H14BrClN4/c1-3-9-7(2)17-12(18-13(9)19-16)8-4-5-11(15)10(14)6-8/h4-6H,3,16H2,1-2H3,(H,17,18,19). The molecular formula is C13H14BrClN4. The molecule has 3 N–H and O–H groups in total. The van der Waals surface area contributed by atoms with Crippen LogP contribution in [0, 0.1) is 6.92 Å². The Kier molecular flexibility index (Phi) is 4.39. The average Bonchev–Trinajstić information content (AvgIpc) is 2.40. The number of aryl methyl sites for hydroxylation is 1. The zero-order valence-corrected chi connectivity index (χ0v) is 13.0. The Labute approximate surface area is 125 Å². The number of anilines is 1. The van der Waals surface area contributed by atoms with Crippen molar-refractivity contribution in [1.29, 1.82) is 0 Å². The molecule has 2 rings (SSSR count). The fourth-order valence-electron chi connectivity index (χ4n) is 1.90. The van der Waals surface area contributed by atoms with Gasteiger partial charge in [-0.2, -0.15) is 0 Å². The Morgan fingerprint density at radius 3 is 2.68 bits per heavy atom. The minimum Gasteiger partial charge on any atom is -0.308 e. The molecule has 0 saturated heterocycles. The van der Waals surface area contributed by atoms with E-state index in [1.165, 1.54) is 0 Å². The maximum Gasteiger partial charge on any atom is 0.161 e. The van der Waals surface area contributed by atoms with Crippen molar-refractivity contribution in [3.63, 3.8) is 0 Å².